The number of carbonyl (C=O) groups excluding carboxylic acids is 6. The second-order valence-electron chi connectivity index (χ2n) is 32.0. The molecule has 1 spiro atoms. The van der Waals surface area contributed by atoms with Crippen molar-refractivity contribution >= 4 is 155 Å². The Balaban J connectivity index is 0.000000137. The van der Waals surface area contributed by atoms with E-state index in [9.17, 15) is 64.2 Å². The van der Waals surface area contributed by atoms with Crippen LogP contribution >= 0.6 is 80.1 Å². The van der Waals surface area contributed by atoms with Crippen LogP contribution in [0.1, 0.15) is 135 Å². The Morgan fingerprint density at radius 3 is 1.15 bits per heavy atom. The van der Waals surface area contributed by atoms with Gasteiger partial charge in [0.25, 0.3) is 0 Å². The van der Waals surface area contributed by atoms with Crippen molar-refractivity contribution in [3.8, 4) is 0 Å². The zero-order valence-electron chi connectivity index (χ0n) is 72.8. The fourth-order valence-corrected chi connectivity index (χ4v) is 22.9. The average Bonchev–Trinajstić information content (AvgIpc) is 1.52. The van der Waals surface area contributed by atoms with Crippen molar-refractivity contribution in [2.24, 2.45) is 25.9 Å². The summed E-state index contributed by atoms with van der Waals surface area (Å²) < 4.78 is 161. The van der Waals surface area contributed by atoms with Gasteiger partial charge in [-0.3, -0.25) is 0 Å². The smallest absolute Gasteiger partial charge is 0.407 e. The van der Waals surface area contributed by atoms with Gasteiger partial charge in [0.1, 0.15) is 34.1 Å². The van der Waals surface area contributed by atoms with Gasteiger partial charge in [-0.15, -0.1) is 45.3 Å². The number of aliphatic hydroxyl groups is 1. The maximum absolute atomic E-state index is 16.0. The summed E-state index contributed by atoms with van der Waals surface area (Å²) in [6.07, 6.45) is 7.54. The quantitative estimate of drug-likeness (QED) is 0.0295. The maximum atomic E-state index is 16.0. The number of allylic oxidation sites excluding steroid dienone is 1. The lowest BCUT2D eigenvalue weighted by molar-refractivity contribution is -0.140. The molecule has 10 aliphatic rings. The van der Waals surface area contributed by atoms with Gasteiger partial charge in [0, 0.05) is 170 Å². The first kappa shape index (κ1) is 97.2. The molecule has 2 amide bonds. The van der Waals surface area contributed by atoms with E-state index < -0.39 is 132 Å². The molecule has 18 rings (SSSR count). The van der Waals surface area contributed by atoms with E-state index in [1.54, 1.807) is 76.5 Å². The fourth-order valence-electron chi connectivity index (χ4n) is 17.8. The number of nitrogens with one attached hydrogen (secondary N) is 3. The minimum absolute atomic E-state index is 0.0106. The van der Waals surface area contributed by atoms with Crippen molar-refractivity contribution in [1.29, 1.82) is 0 Å². The topological polar surface area (TPSA) is 362 Å². The number of thiazole rings is 4. The Bertz CT molecular complexity index is 6430. The lowest BCUT2D eigenvalue weighted by Crippen LogP contribution is -2.44. The number of rotatable bonds is 21. The van der Waals surface area contributed by atoms with Crippen molar-refractivity contribution in [3.05, 3.63) is 256 Å². The number of esters is 4. The molecule has 706 valence electrons. The molecule has 4 aromatic carbocycles. The molecule has 1 saturated carbocycles. The van der Waals surface area contributed by atoms with E-state index in [0.29, 0.717) is 110 Å². The monoisotopic (exact) mass is 2000 g/mol. The van der Waals surface area contributed by atoms with E-state index in [4.69, 9.17) is 73.5 Å². The highest BCUT2D eigenvalue weighted by Crippen LogP contribution is 2.59. The van der Waals surface area contributed by atoms with Crippen LogP contribution in [-0.2, 0) is 79.8 Å². The molecular formula is C89H85Cl3F7N15O15S5. The number of methoxy groups -OCH3 is 2. The second kappa shape index (κ2) is 39.5. The van der Waals surface area contributed by atoms with Crippen LogP contribution in [0.4, 0.5) is 40.3 Å². The third kappa shape index (κ3) is 18.4. The highest BCUT2D eigenvalue weighted by atomic mass is 35.5. The van der Waals surface area contributed by atoms with Crippen molar-refractivity contribution in [2.45, 2.75) is 133 Å². The lowest BCUT2D eigenvalue weighted by atomic mass is 9.81. The molecule has 8 aliphatic heterocycles. The summed E-state index contributed by atoms with van der Waals surface area (Å²) in [7, 11) is -0.982. The number of hydrogen-bond donors (Lipinski definition) is 4. The van der Waals surface area contributed by atoms with Crippen molar-refractivity contribution < 1.29 is 101 Å². The molecule has 134 heavy (non-hydrogen) atoms. The van der Waals surface area contributed by atoms with Crippen LogP contribution in [0.25, 0.3) is 5.83 Å². The average molecular weight is 2000 g/mol. The Kier molecular flexibility index (Phi) is 28.7. The van der Waals surface area contributed by atoms with Gasteiger partial charge in [0.05, 0.1) is 85.8 Å². The molecule has 0 bridgehead atoms. The van der Waals surface area contributed by atoms with E-state index in [1.807, 2.05) is 30.8 Å². The van der Waals surface area contributed by atoms with Crippen LogP contribution in [0.15, 0.2) is 184 Å². The van der Waals surface area contributed by atoms with Gasteiger partial charge in [-0.25, -0.2) is 113 Å². The van der Waals surface area contributed by atoms with Gasteiger partial charge in [0.15, 0.2) is 72.2 Å². The highest BCUT2D eigenvalue weighted by Gasteiger charge is 2.61. The van der Waals surface area contributed by atoms with Gasteiger partial charge >= 0.3 is 36.1 Å². The number of halogens is 10. The summed E-state index contributed by atoms with van der Waals surface area (Å²) in [6.45, 7) is 13.6. The molecule has 30 nitrogen and oxygen atoms in total. The number of aliphatic hydroxyl groups excluding tert-OH is 1. The van der Waals surface area contributed by atoms with Crippen LogP contribution < -0.4 is 15.4 Å². The molecule has 0 radical (unpaired) electrons. The number of aliphatic imine (C=N–C) groups is 4. The minimum atomic E-state index is -3.46. The first-order valence-electron chi connectivity index (χ1n) is 42.0. The van der Waals surface area contributed by atoms with Crippen molar-refractivity contribution in [2.75, 3.05) is 73.4 Å². The maximum Gasteiger partial charge on any atom is 0.407 e. The van der Waals surface area contributed by atoms with E-state index in [0.717, 1.165) is 29.2 Å². The van der Waals surface area contributed by atoms with Crippen LogP contribution in [0.2, 0.25) is 15.1 Å². The van der Waals surface area contributed by atoms with Gasteiger partial charge in [0.2, 0.25) is 10.0 Å². The first-order valence-corrected chi connectivity index (χ1v) is 48.2. The predicted molar refractivity (Wildman–Crippen MR) is 486 cm³/mol. The number of carbonyl (C=O) groups is 6. The van der Waals surface area contributed by atoms with Gasteiger partial charge in [-0.2, -0.15) is 0 Å². The summed E-state index contributed by atoms with van der Waals surface area (Å²) in [5.74, 6) is -8.70. The van der Waals surface area contributed by atoms with Crippen molar-refractivity contribution in [1.82, 2.24) is 54.9 Å². The Morgan fingerprint density at radius 1 is 0.470 bits per heavy atom. The van der Waals surface area contributed by atoms with Crippen LogP contribution in [0.3, 0.4) is 0 Å². The van der Waals surface area contributed by atoms with E-state index in [1.165, 1.54) is 110 Å². The largest absolute Gasteiger partial charge is 0.463 e. The number of aromatic nitrogens is 4. The van der Waals surface area contributed by atoms with Crippen LogP contribution in [0.5, 0.6) is 0 Å². The second-order valence-corrected chi connectivity index (χ2v) is 38.8. The number of benzene rings is 4. The van der Waals surface area contributed by atoms with E-state index in [-0.39, 0.29) is 119 Å². The fraction of sp³-hybridized carbons (Fsp3) is 0.371. The summed E-state index contributed by atoms with van der Waals surface area (Å²) >= 11 is 24.7. The number of nitrogens with zero attached hydrogens (tertiary/aromatic N) is 12. The Morgan fingerprint density at radius 2 is 0.806 bits per heavy atom. The molecule has 1 unspecified atom stereocenters. The minimum Gasteiger partial charge on any atom is -0.463 e. The number of alkyl carbamates (subject to hydrolysis) is 2. The number of amidine groups is 4. The van der Waals surface area contributed by atoms with E-state index in [2.05, 4.69) is 45.0 Å². The molecule has 8 aromatic rings. The third-order valence-corrected chi connectivity index (χ3v) is 29.6. The first-order chi connectivity index (χ1) is 64.0. The Hall–Kier alpha value is -11.4. The predicted octanol–water partition coefficient (Wildman–Crippen LogP) is 15.1. The summed E-state index contributed by atoms with van der Waals surface area (Å²) in [4.78, 5) is 121. The molecule has 12 heterocycles. The zero-order chi connectivity index (χ0) is 95.9. The summed E-state index contributed by atoms with van der Waals surface area (Å²) in [5, 5.41) is 24.7. The number of amides is 2. The SMILES string of the molecule is CCOC(=O)C1=C2C[C@H](CO)CN2C(c2nccs2)=N[C@@]1(C)c1ccc(F)cc1Cl.CCOC(=O)C1=C2C[C@H](NC(=O)OC)CN2C(c2nccs2)=NC12C(F)=C(F)c1c2ccc(F)c1F.CCOC(=O)C1=C2C[C@H](NC(=O)OC)CN2C(c2nccs2)=N[C@@]1(C)c1ccc(F)cc1Cl.CCOC(=O)C1=C2C[C@H](NS(=O)(=O)C3CC3)CN2C(c2nccs2)=N[C@@]1(C)c1ccc(F)cc1Cl. The normalized spacial score (nSPS) is 23.1. The lowest BCUT2D eigenvalue weighted by Gasteiger charge is -2.38. The number of hydrogen-bond acceptors (Lipinski definition) is 31. The van der Waals surface area contributed by atoms with E-state index >= 15 is 8.78 Å². The van der Waals surface area contributed by atoms with Crippen molar-refractivity contribution in [3.63, 3.8) is 0 Å². The standard InChI is InChI=1S/C23H24ClFN4O4S2.C23H18F4N4O4S.C22H22ClFN4O4S.C21H21ClFN3O3S/c1-3-33-22(30)19-18-11-14(28-35(31,32)15-5-6-15)12-29(18)20(21-26-8-9-34-21)27-23(19,2)16-7-4-13(25)10-17(16)24;1-3-35-21(32)15-13-8-10(29-22(33)34-2)9-31(13)19(20-28-6-7-36-20)30-23(15)11-4-5-12(24)16(25)14(11)17(26)18(23)27;1-4-32-20(29)17-16-10-13(26-21(30)31-3)11-28(16)18(19-25-7-8-33-19)27-22(17,2)14-6-5-12(24)9-15(14)23;1-3-29-20(28)17-16-8-12(11-27)10-26(16)18(19-24-6-7-30-19)25-21(17,2)14-5-4-13(23)9-15(14)22/h4,7-10,14-15,28H,3,5-6,11-12H2,1-2H3;4-7,10H,3,8-9H2,1-2H3,(H,29,33);5-9,13H,4,10-11H2,1-3H3,(H,26,30);4-7,9,12,27H,3,8,10-11H2,1-2H3/t14-,23-;10-,23?;13-,22-;12-,21-/m0000/s1. The molecule has 2 aliphatic carbocycles. The van der Waals surface area contributed by atoms with Crippen LogP contribution in [-0.4, -0.2) is 209 Å². The molecule has 45 heteroatoms. The molecular weight excluding hydrogens is 1920 g/mol. The number of sulfonamides is 1. The number of fused-ring (bicyclic) bond motifs is 6. The number of ether oxygens (including phenoxy) is 6. The highest BCUT2D eigenvalue weighted by molar-refractivity contribution is 7.90. The molecule has 5 fully saturated rings. The Labute approximate surface area is 794 Å². The van der Waals surface area contributed by atoms with Gasteiger partial charge < -0.3 is 63.8 Å². The summed E-state index contributed by atoms with van der Waals surface area (Å²) in [6, 6.07) is 12.3. The zero-order valence-corrected chi connectivity index (χ0v) is 79.2. The molecule has 4 N–H and O–H groups in total. The third-order valence-electron chi connectivity index (χ3n) is 23.6. The molecule has 4 aromatic heterocycles. The summed E-state index contributed by atoms with van der Waals surface area (Å²) in [5.41, 5.74) is -3.57. The molecule has 8 atom stereocenters. The van der Waals surface area contributed by atoms with Crippen LogP contribution in [0, 0.1) is 35.0 Å². The molecule has 4 saturated heterocycles. The van der Waals surface area contributed by atoms with Gasteiger partial charge in [-0.1, -0.05) is 59.1 Å². The van der Waals surface area contributed by atoms with Gasteiger partial charge in [-0.05, 0) is 110 Å².